The van der Waals surface area contributed by atoms with Gasteiger partial charge in [0.15, 0.2) is 5.78 Å². The molecule has 1 rings (SSSR count). The van der Waals surface area contributed by atoms with Crippen LogP contribution in [0.2, 0.25) is 0 Å². The summed E-state index contributed by atoms with van der Waals surface area (Å²) in [5, 5.41) is -2.10. The number of carbonyl (C=O) groups excluding carboxylic acids is 4. The molecule has 0 bridgehead atoms. The molecule has 0 amide bonds. The average Bonchev–Trinajstić information content (AvgIpc) is 2.75. The summed E-state index contributed by atoms with van der Waals surface area (Å²) in [5.41, 5.74) is 0.409. The summed E-state index contributed by atoms with van der Waals surface area (Å²) >= 11 is 12.2. The van der Waals surface area contributed by atoms with Gasteiger partial charge in [-0.1, -0.05) is 30.3 Å². The largest absolute Gasteiger partial charge is 0.469 e. The summed E-state index contributed by atoms with van der Waals surface area (Å²) in [6.07, 6.45) is -0.209. The van der Waals surface area contributed by atoms with Crippen LogP contribution >= 0.6 is 23.2 Å². The van der Waals surface area contributed by atoms with E-state index in [1.807, 2.05) is 0 Å². The molecule has 0 radical (unpaired) electrons. The van der Waals surface area contributed by atoms with E-state index in [-0.39, 0.29) is 25.0 Å². The second-order valence-corrected chi connectivity index (χ2v) is 7.39. The van der Waals surface area contributed by atoms with Gasteiger partial charge in [0.25, 0.3) is 0 Å². The molecule has 0 saturated heterocycles. The molecule has 0 fully saturated rings. The lowest BCUT2D eigenvalue weighted by Crippen LogP contribution is -2.31. The van der Waals surface area contributed by atoms with E-state index in [0.717, 1.165) is 0 Å². The van der Waals surface area contributed by atoms with Crippen molar-refractivity contribution in [2.45, 2.75) is 30.0 Å². The Morgan fingerprint density at radius 2 is 1.17 bits per heavy atom. The molecule has 0 aliphatic heterocycles. The van der Waals surface area contributed by atoms with Gasteiger partial charge in [-0.15, -0.1) is 23.2 Å². The van der Waals surface area contributed by atoms with Crippen LogP contribution in [0.1, 0.15) is 29.6 Å². The second-order valence-electron chi connectivity index (χ2n) is 6.34. The van der Waals surface area contributed by atoms with Gasteiger partial charge in [-0.3, -0.25) is 19.2 Å². The Labute approximate surface area is 179 Å². The molecular formula is C20H24Cl2O7. The van der Waals surface area contributed by atoms with Crippen LogP contribution in [-0.2, 0) is 28.6 Å². The van der Waals surface area contributed by atoms with Crippen molar-refractivity contribution in [3.63, 3.8) is 0 Å². The van der Waals surface area contributed by atoms with Crippen molar-refractivity contribution in [3.8, 4) is 0 Å². The molecule has 0 heterocycles. The minimum atomic E-state index is -1.10. The highest BCUT2D eigenvalue weighted by atomic mass is 35.5. The molecule has 4 unspecified atom stereocenters. The van der Waals surface area contributed by atoms with Crippen LogP contribution in [0, 0.1) is 11.8 Å². The molecule has 1 aromatic rings. The van der Waals surface area contributed by atoms with Crippen LogP contribution in [0.5, 0.6) is 0 Å². The molecule has 9 heteroatoms. The number of alkyl halides is 2. The van der Waals surface area contributed by atoms with E-state index < -0.39 is 40.5 Å². The number of hydrogen-bond donors (Lipinski definition) is 0. The SMILES string of the molecule is COC(=O)C(Cl)CC(CC(CC(Cl)C(=O)c1ccccc1)C(=O)OC)C(=O)OC. The standard InChI is InChI=1S/C20H24Cl2O7/c1-27-18(24)13(10-15(21)17(23)12-7-5-4-6-8-12)9-14(19(25)28-2)11-16(22)20(26)29-3/h4-8,13-16H,9-11H2,1-3H3. The van der Waals surface area contributed by atoms with E-state index in [1.54, 1.807) is 30.3 Å². The number of Topliss-reactive ketones (excluding diaryl/α,β-unsaturated/α-hetero) is 1. The fraction of sp³-hybridized carbons (Fsp3) is 0.500. The van der Waals surface area contributed by atoms with Crippen LogP contribution in [0.4, 0.5) is 0 Å². The minimum absolute atomic E-state index is 0.0507. The summed E-state index contributed by atoms with van der Waals surface area (Å²) in [7, 11) is 3.56. The zero-order valence-electron chi connectivity index (χ0n) is 16.4. The Morgan fingerprint density at radius 3 is 1.62 bits per heavy atom. The molecule has 0 N–H and O–H groups in total. The van der Waals surface area contributed by atoms with Gasteiger partial charge in [0, 0.05) is 5.56 Å². The Kier molecular flexibility index (Phi) is 10.7. The lowest BCUT2D eigenvalue weighted by molar-refractivity contribution is -0.150. The van der Waals surface area contributed by atoms with Crippen LogP contribution in [-0.4, -0.2) is 55.8 Å². The number of ketones is 1. The highest BCUT2D eigenvalue weighted by molar-refractivity contribution is 6.34. The van der Waals surface area contributed by atoms with Crippen molar-refractivity contribution in [2.24, 2.45) is 11.8 Å². The van der Waals surface area contributed by atoms with Gasteiger partial charge in [-0.2, -0.15) is 0 Å². The molecule has 29 heavy (non-hydrogen) atoms. The highest BCUT2D eigenvalue weighted by Gasteiger charge is 2.34. The maximum Gasteiger partial charge on any atom is 0.323 e. The van der Waals surface area contributed by atoms with Crippen molar-refractivity contribution < 1.29 is 33.4 Å². The number of esters is 3. The van der Waals surface area contributed by atoms with Gasteiger partial charge in [0.05, 0.1) is 38.5 Å². The Balaban J connectivity index is 2.96. The van der Waals surface area contributed by atoms with Gasteiger partial charge >= 0.3 is 17.9 Å². The van der Waals surface area contributed by atoms with Crippen LogP contribution in [0.15, 0.2) is 30.3 Å². The molecular weight excluding hydrogens is 423 g/mol. The molecule has 1 aromatic carbocycles. The van der Waals surface area contributed by atoms with Gasteiger partial charge < -0.3 is 14.2 Å². The van der Waals surface area contributed by atoms with Crippen molar-refractivity contribution in [1.29, 1.82) is 0 Å². The van der Waals surface area contributed by atoms with Gasteiger partial charge in [0.2, 0.25) is 0 Å². The number of halogens is 2. The molecule has 0 spiro atoms. The summed E-state index contributed by atoms with van der Waals surface area (Å²) < 4.78 is 14.1. The zero-order chi connectivity index (χ0) is 22.0. The summed E-state index contributed by atoms with van der Waals surface area (Å²) in [4.78, 5) is 48.5. The average molecular weight is 447 g/mol. The maximum absolute atomic E-state index is 12.5. The molecule has 0 saturated carbocycles. The van der Waals surface area contributed by atoms with E-state index in [1.165, 1.54) is 21.3 Å². The lowest BCUT2D eigenvalue weighted by atomic mass is 9.87. The van der Waals surface area contributed by atoms with Gasteiger partial charge in [-0.05, 0) is 19.3 Å². The predicted molar refractivity (Wildman–Crippen MR) is 107 cm³/mol. The number of methoxy groups -OCH3 is 3. The number of carbonyl (C=O) groups is 4. The second kappa shape index (κ2) is 12.4. The minimum Gasteiger partial charge on any atom is -0.469 e. The zero-order valence-corrected chi connectivity index (χ0v) is 17.9. The summed E-state index contributed by atoms with van der Waals surface area (Å²) in [6.45, 7) is 0. The smallest absolute Gasteiger partial charge is 0.323 e. The summed E-state index contributed by atoms with van der Waals surface area (Å²) in [5.74, 6) is -4.09. The highest BCUT2D eigenvalue weighted by Crippen LogP contribution is 2.28. The molecule has 7 nitrogen and oxygen atoms in total. The van der Waals surface area contributed by atoms with Gasteiger partial charge in [0.1, 0.15) is 5.38 Å². The van der Waals surface area contributed by atoms with Crippen LogP contribution in [0.25, 0.3) is 0 Å². The Morgan fingerprint density at radius 1 is 0.724 bits per heavy atom. The Bertz CT molecular complexity index is 708. The Hall–Kier alpha value is -2.12. The number of rotatable bonds is 11. The van der Waals surface area contributed by atoms with Gasteiger partial charge in [-0.25, -0.2) is 0 Å². The third-order valence-electron chi connectivity index (χ3n) is 4.42. The van der Waals surface area contributed by atoms with Crippen LogP contribution in [0.3, 0.4) is 0 Å². The monoisotopic (exact) mass is 446 g/mol. The van der Waals surface area contributed by atoms with Crippen molar-refractivity contribution in [2.75, 3.05) is 21.3 Å². The first-order valence-corrected chi connectivity index (χ1v) is 9.73. The summed E-state index contributed by atoms with van der Waals surface area (Å²) in [6, 6.07) is 8.42. The predicted octanol–water partition coefficient (Wildman–Crippen LogP) is 3.01. The first-order valence-electron chi connectivity index (χ1n) is 8.85. The molecule has 4 atom stereocenters. The van der Waals surface area contributed by atoms with Crippen molar-refractivity contribution >= 4 is 46.9 Å². The molecule has 160 valence electrons. The van der Waals surface area contributed by atoms with E-state index in [0.29, 0.717) is 5.56 Å². The first kappa shape index (κ1) is 24.9. The third kappa shape index (κ3) is 7.66. The van der Waals surface area contributed by atoms with E-state index >= 15 is 0 Å². The van der Waals surface area contributed by atoms with Crippen molar-refractivity contribution in [3.05, 3.63) is 35.9 Å². The molecule has 0 aliphatic carbocycles. The number of ether oxygens (including phenoxy) is 3. The fourth-order valence-corrected chi connectivity index (χ4v) is 3.51. The molecule has 0 aromatic heterocycles. The van der Waals surface area contributed by atoms with Crippen LogP contribution < -0.4 is 0 Å². The number of hydrogen-bond acceptors (Lipinski definition) is 7. The topological polar surface area (TPSA) is 96.0 Å². The fourth-order valence-electron chi connectivity index (χ4n) is 2.87. The molecule has 0 aliphatic rings. The normalized spacial score (nSPS) is 14.8. The van der Waals surface area contributed by atoms with E-state index in [9.17, 15) is 19.2 Å². The van der Waals surface area contributed by atoms with E-state index in [2.05, 4.69) is 4.74 Å². The third-order valence-corrected chi connectivity index (χ3v) is 5.15. The van der Waals surface area contributed by atoms with Crippen molar-refractivity contribution in [1.82, 2.24) is 0 Å². The first-order chi connectivity index (χ1) is 13.7. The van der Waals surface area contributed by atoms with E-state index in [4.69, 9.17) is 32.7 Å². The number of benzene rings is 1. The lowest BCUT2D eigenvalue weighted by Gasteiger charge is -2.23. The maximum atomic E-state index is 12.5. The quantitative estimate of drug-likeness (QED) is 0.223.